The third-order valence-electron chi connectivity index (χ3n) is 1.70. The van der Waals surface area contributed by atoms with Gasteiger partial charge in [0.2, 0.25) is 0 Å². The van der Waals surface area contributed by atoms with Crippen LogP contribution in [0.15, 0.2) is 28.1 Å². The summed E-state index contributed by atoms with van der Waals surface area (Å²) in [5.41, 5.74) is -0.0826. The maximum atomic E-state index is 10.5. The van der Waals surface area contributed by atoms with Gasteiger partial charge in [0.05, 0.1) is 0 Å². The van der Waals surface area contributed by atoms with Crippen LogP contribution in [0.3, 0.4) is 0 Å². The van der Waals surface area contributed by atoms with E-state index in [0.29, 0.717) is 5.76 Å². The number of carbonyl (C=O) groups is 1. The molecule has 0 bridgehead atoms. The molecule has 0 spiro atoms. The summed E-state index contributed by atoms with van der Waals surface area (Å²) < 4.78 is 4.81. The second-order valence-electron chi connectivity index (χ2n) is 2.77. The molecule has 0 aliphatic rings. The molecule has 0 fully saturated rings. The summed E-state index contributed by atoms with van der Waals surface area (Å²) in [6.45, 7) is 0. The highest BCUT2D eigenvalue weighted by molar-refractivity contribution is 7.10. The number of hydrogen-bond donors (Lipinski definition) is 1. The van der Waals surface area contributed by atoms with Gasteiger partial charge in [-0.25, -0.2) is 4.79 Å². The molecule has 5 heteroatoms. The molecule has 0 atom stereocenters. The van der Waals surface area contributed by atoms with E-state index in [0.717, 1.165) is 4.88 Å². The highest BCUT2D eigenvalue weighted by Gasteiger charge is 2.08. The second-order valence-corrected chi connectivity index (χ2v) is 3.75. The fourth-order valence-corrected chi connectivity index (χ4v) is 1.64. The van der Waals surface area contributed by atoms with Crippen molar-refractivity contribution >= 4 is 29.5 Å². The van der Waals surface area contributed by atoms with Gasteiger partial charge in [-0.3, -0.25) is 0 Å². The monoisotopic (exact) mass is 221 g/mol. The summed E-state index contributed by atoms with van der Waals surface area (Å²) >= 11 is 1.59. The number of carboxylic acids is 1. The number of aromatic carboxylic acids is 1. The van der Waals surface area contributed by atoms with Crippen LogP contribution >= 0.6 is 11.3 Å². The molecule has 0 aliphatic heterocycles. The molecule has 0 amide bonds. The lowest BCUT2D eigenvalue weighted by molar-refractivity contribution is 0.0685. The first-order chi connectivity index (χ1) is 7.25. The molecule has 1 N–H and O–H groups in total. The van der Waals surface area contributed by atoms with Gasteiger partial charge in [-0.05, 0) is 23.6 Å². The van der Waals surface area contributed by atoms with Crippen molar-refractivity contribution < 1.29 is 14.4 Å². The molecule has 2 rings (SSSR count). The maximum absolute atomic E-state index is 10.5. The third kappa shape index (κ3) is 2.32. The molecule has 0 saturated carbocycles. The molecule has 0 aromatic carbocycles. The minimum absolute atomic E-state index is 0.0826. The fraction of sp³-hybridized carbons (Fsp3) is 0. The average molecular weight is 221 g/mol. The van der Waals surface area contributed by atoms with Crippen LogP contribution in [-0.4, -0.2) is 16.2 Å². The first kappa shape index (κ1) is 9.67. The summed E-state index contributed by atoms with van der Waals surface area (Å²) in [6, 6.07) is 5.27. The summed E-state index contributed by atoms with van der Waals surface area (Å²) in [6.07, 6.45) is 3.53. The van der Waals surface area contributed by atoms with Crippen molar-refractivity contribution in [2.24, 2.45) is 0 Å². The van der Waals surface area contributed by atoms with Gasteiger partial charge in [-0.2, -0.15) is 0 Å². The Labute approximate surface area is 89.5 Å². The van der Waals surface area contributed by atoms with E-state index in [1.165, 1.54) is 6.07 Å². The van der Waals surface area contributed by atoms with Gasteiger partial charge in [0.15, 0.2) is 11.5 Å². The fourth-order valence-electron chi connectivity index (χ4n) is 1.02. The molecule has 2 heterocycles. The highest BCUT2D eigenvalue weighted by atomic mass is 32.1. The van der Waals surface area contributed by atoms with Gasteiger partial charge in [0.25, 0.3) is 0 Å². The van der Waals surface area contributed by atoms with E-state index < -0.39 is 5.97 Å². The van der Waals surface area contributed by atoms with Gasteiger partial charge < -0.3 is 9.63 Å². The summed E-state index contributed by atoms with van der Waals surface area (Å²) in [5, 5.41) is 14.0. The number of hydrogen-bond acceptors (Lipinski definition) is 4. The van der Waals surface area contributed by atoms with Gasteiger partial charge in [0.1, 0.15) is 0 Å². The molecule has 76 valence electrons. The molecular weight excluding hydrogens is 214 g/mol. The Hall–Kier alpha value is -1.88. The number of aromatic nitrogens is 1. The Morgan fingerprint density at radius 2 is 2.40 bits per heavy atom. The Bertz CT molecular complexity index is 485. The molecule has 0 radical (unpaired) electrons. The van der Waals surface area contributed by atoms with E-state index in [1.54, 1.807) is 17.4 Å². The Morgan fingerprint density at radius 1 is 1.53 bits per heavy atom. The molecular formula is C10H7NO3S. The van der Waals surface area contributed by atoms with Gasteiger partial charge in [0, 0.05) is 10.9 Å². The van der Waals surface area contributed by atoms with Crippen molar-refractivity contribution in [3.8, 4) is 0 Å². The molecule has 4 nitrogen and oxygen atoms in total. The van der Waals surface area contributed by atoms with Crippen molar-refractivity contribution in [2.45, 2.75) is 0 Å². The summed E-state index contributed by atoms with van der Waals surface area (Å²) in [4.78, 5) is 11.6. The number of nitrogens with zero attached hydrogens (tertiary/aromatic N) is 1. The van der Waals surface area contributed by atoms with E-state index in [1.807, 2.05) is 23.6 Å². The highest BCUT2D eigenvalue weighted by Crippen LogP contribution is 2.13. The maximum Gasteiger partial charge on any atom is 0.358 e. The Morgan fingerprint density at radius 3 is 3.00 bits per heavy atom. The van der Waals surface area contributed by atoms with E-state index in [9.17, 15) is 4.79 Å². The van der Waals surface area contributed by atoms with Crippen LogP contribution < -0.4 is 0 Å². The third-order valence-corrected chi connectivity index (χ3v) is 2.54. The van der Waals surface area contributed by atoms with Crippen molar-refractivity contribution in [1.82, 2.24) is 5.16 Å². The SMILES string of the molecule is O=C(O)c1cc(/C=C/c2cccs2)on1. The van der Waals surface area contributed by atoms with Crippen LogP contribution in [0.25, 0.3) is 12.2 Å². The number of rotatable bonds is 3. The zero-order valence-electron chi connectivity index (χ0n) is 7.58. The van der Waals surface area contributed by atoms with Gasteiger partial charge >= 0.3 is 5.97 Å². The number of carboxylic acid groups (broad SMARTS) is 1. The predicted octanol–water partition coefficient (Wildman–Crippen LogP) is 2.60. The summed E-state index contributed by atoms with van der Waals surface area (Å²) in [7, 11) is 0. The molecule has 2 aromatic rings. The minimum Gasteiger partial charge on any atom is -0.476 e. The van der Waals surface area contributed by atoms with E-state index in [-0.39, 0.29) is 5.69 Å². The first-order valence-corrected chi connectivity index (χ1v) is 5.05. The standard InChI is InChI=1S/C10H7NO3S/c12-10(13)9-6-7(14-11-9)3-4-8-2-1-5-15-8/h1-6H,(H,12,13)/b4-3+. The summed E-state index contributed by atoms with van der Waals surface area (Å²) in [5.74, 6) is -0.657. The molecule has 2 aromatic heterocycles. The quantitative estimate of drug-likeness (QED) is 0.865. The lowest BCUT2D eigenvalue weighted by atomic mass is 10.3. The van der Waals surface area contributed by atoms with Crippen molar-refractivity contribution in [3.63, 3.8) is 0 Å². The van der Waals surface area contributed by atoms with Crippen LogP contribution in [0.4, 0.5) is 0 Å². The van der Waals surface area contributed by atoms with Crippen LogP contribution in [0, 0.1) is 0 Å². The van der Waals surface area contributed by atoms with Crippen molar-refractivity contribution in [2.75, 3.05) is 0 Å². The van der Waals surface area contributed by atoms with Crippen LogP contribution in [-0.2, 0) is 0 Å². The van der Waals surface area contributed by atoms with E-state index >= 15 is 0 Å². The zero-order valence-corrected chi connectivity index (χ0v) is 8.40. The van der Waals surface area contributed by atoms with Crippen LogP contribution in [0.2, 0.25) is 0 Å². The predicted molar refractivity (Wildman–Crippen MR) is 56.7 cm³/mol. The molecule has 0 aliphatic carbocycles. The first-order valence-electron chi connectivity index (χ1n) is 4.17. The topological polar surface area (TPSA) is 63.3 Å². The minimum atomic E-state index is -1.09. The van der Waals surface area contributed by atoms with E-state index in [4.69, 9.17) is 9.63 Å². The molecule has 15 heavy (non-hydrogen) atoms. The molecule has 0 saturated heterocycles. The van der Waals surface area contributed by atoms with Gasteiger partial charge in [-0.15, -0.1) is 11.3 Å². The second kappa shape index (κ2) is 4.10. The largest absolute Gasteiger partial charge is 0.476 e. The smallest absolute Gasteiger partial charge is 0.358 e. The Kier molecular flexibility index (Phi) is 2.64. The Balaban J connectivity index is 2.14. The average Bonchev–Trinajstić information content (AvgIpc) is 2.86. The normalized spacial score (nSPS) is 10.9. The van der Waals surface area contributed by atoms with Crippen molar-refractivity contribution in [1.29, 1.82) is 0 Å². The van der Waals surface area contributed by atoms with Crippen LogP contribution in [0.5, 0.6) is 0 Å². The van der Waals surface area contributed by atoms with Crippen LogP contribution in [0.1, 0.15) is 21.1 Å². The number of thiophene rings is 1. The van der Waals surface area contributed by atoms with Crippen molar-refractivity contribution in [3.05, 3.63) is 39.9 Å². The molecule has 0 unspecified atom stereocenters. The van der Waals surface area contributed by atoms with E-state index in [2.05, 4.69) is 5.16 Å². The zero-order chi connectivity index (χ0) is 10.7. The van der Waals surface area contributed by atoms with Gasteiger partial charge in [-0.1, -0.05) is 11.2 Å². The lowest BCUT2D eigenvalue weighted by Crippen LogP contribution is -1.94. The lowest BCUT2D eigenvalue weighted by Gasteiger charge is -1.81.